The number of carbonyl (C=O) groups is 1. The predicted octanol–water partition coefficient (Wildman–Crippen LogP) is 9.17. The normalized spacial score (nSPS) is 14.2. The fourth-order valence-electron chi connectivity index (χ4n) is 5.16. The van der Waals surface area contributed by atoms with Crippen molar-refractivity contribution in [2.24, 2.45) is 0 Å². The van der Waals surface area contributed by atoms with Crippen LogP contribution in [0.1, 0.15) is 100 Å². The summed E-state index contributed by atoms with van der Waals surface area (Å²) in [5.74, 6) is 2.59. The molecule has 1 aliphatic rings. The van der Waals surface area contributed by atoms with Crippen LogP contribution in [-0.4, -0.2) is 13.1 Å². The topological polar surface area (TPSA) is 54.0 Å². The number of carbonyl (C=O) groups excluding carboxylic acids is 1. The molecule has 0 radical (unpaired) electrons. The zero-order valence-electron chi connectivity index (χ0n) is 24.2. The van der Waals surface area contributed by atoms with E-state index in [-0.39, 0.29) is 12.1 Å². The first-order chi connectivity index (χ1) is 19.7. The average molecular weight is 545 g/mol. The Hall–Kier alpha value is -3.47. The van der Waals surface area contributed by atoms with E-state index in [9.17, 15) is 4.79 Å². The molecule has 0 saturated heterocycles. The summed E-state index contributed by atoms with van der Waals surface area (Å²) in [7, 11) is 1.66. The minimum absolute atomic E-state index is 0.169. The van der Waals surface area contributed by atoms with Gasteiger partial charge in [-0.2, -0.15) is 0 Å². The lowest BCUT2D eigenvalue weighted by molar-refractivity contribution is -0.134. The third kappa shape index (κ3) is 9.04. The van der Waals surface area contributed by atoms with Gasteiger partial charge >= 0.3 is 5.97 Å². The Kier molecular flexibility index (Phi) is 11.8. The van der Waals surface area contributed by atoms with Crippen molar-refractivity contribution in [2.75, 3.05) is 7.11 Å². The van der Waals surface area contributed by atoms with Crippen molar-refractivity contribution in [2.45, 2.75) is 96.7 Å². The summed E-state index contributed by atoms with van der Waals surface area (Å²) in [4.78, 5) is 12.6. The molecule has 0 spiro atoms. The fourth-order valence-corrected chi connectivity index (χ4v) is 5.16. The molecular weight excluding hydrogens is 500 g/mol. The van der Waals surface area contributed by atoms with Crippen molar-refractivity contribution in [3.8, 4) is 23.0 Å². The molecule has 3 aromatic carbocycles. The van der Waals surface area contributed by atoms with Crippen molar-refractivity contribution in [1.29, 1.82) is 0 Å². The van der Waals surface area contributed by atoms with E-state index in [1.807, 2.05) is 60.7 Å². The van der Waals surface area contributed by atoms with Gasteiger partial charge in [0.15, 0.2) is 0 Å². The van der Waals surface area contributed by atoms with Gasteiger partial charge in [-0.1, -0.05) is 94.7 Å². The summed E-state index contributed by atoms with van der Waals surface area (Å²) in [6.45, 7) is 2.66. The van der Waals surface area contributed by atoms with Crippen LogP contribution in [0.2, 0.25) is 0 Å². The molecule has 1 unspecified atom stereocenters. The van der Waals surface area contributed by atoms with Crippen molar-refractivity contribution in [3.05, 3.63) is 83.4 Å². The molecule has 214 valence electrons. The molecule has 4 rings (SSSR count). The Morgan fingerprint density at radius 2 is 1.57 bits per heavy atom. The van der Waals surface area contributed by atoms with Crippen LogP contribution in [0.3, 0.4) is 0 Å². The molecule has 5 heteroatoms. The number of hydrogen-bond donors (Lipinski definition) is 0. The molecule has 1 atom stereocenters. The van der Waals surface area contributed by atoms with Gasteiger partial charge < -0.3 is 18.9 Å². The molecular formula is C35H44O5. The Labute approximate surface area is 239 Å². The van der Waals surface area contributed by atoms with Crippen LogP contribution < -0.4 is 18.9 Å². The van der Waals surface area contributed by atoms with Crippen LogP contribution in [0.5, 0.6) is 23.0 Å². The van der Waals surface area contributed by atoms with Gasteiger partial charge in [-0.3, -0.25) is 4.79 Å². The number of hydrogen-bond acceptors (Lipinski definition) is 5. The fraction of sp³-hybridized carbons (Fsp3) is 0.457. The Morgan fingerprint density at radius 1 is 0.850 bits per heavy atom. The summed E-state index contributed by atoms with van der Waals surface area (Å²) in [5.41, 5.74) is 3.19. The van der Waals surface area contributed by atoms with E-state index in [0.29, 0.717) is 24.5 Å². The number of unbranched alkanes of at least 4 members (excludes halogenated alkanes) is 8. The molecule has 0 bridgehead atoms. The quantitative estimate of drug-likeness (QED) is 0.102. The first-order valence-corrected chi connectivity index (χ1v) is 15.0. The lowest BCUT2D eigenvalue weighted by Gasteiger charge is -2.28. The van der Waals surface area contributed by atoms with E-state index in [1.165, 1.54) is 50.5 Å². The zero-order valence-corrected chi connectivity index (χ0v) is 24.2. The number of esters is 1. The Morgan fingerprint density at radius 3 is 2.33 bits per heavy atom. The monoisotopic (exact) mass is 544 g/mol. The largest absolute Gasteiger partial charge is 0.497 e. The highest BCUT2D eigenvalue weighted by atomic mass is 16.5. The van der Waals surface area contributed by atoms with E-state index in [1.54, 1.807) is 7.11 Å². The van der Waals surface area contributed by atoms with E-state index in [2.05, 4.69) is 13.0 Å². The summed E-state index contributed by atoms with van der Waals surface area (Å²) >= 11 is 0. The number of methoxy groups -OCH3 is 1. The van der Waals surface area contributed by atoms with Gasteiger partial charge in [-0.25, -0.2) is 0 Å². The molecule has 0 aliphatic carbocycles. The van der Waals surface area contributed by atoms with Gasteiger partial charge in [-0.15, -0.1) is 0 Å². The molecule has 40 heavy (non-hydrogen) atoms. The van der Waals surface area contributed by atoms with Crippen LogP contribution in [0, 0.1) is 0 Å². The second-order valence-corrected chi connectivity index (χ2v) is 10.6. The van der Waals surface area contributed by atoms with Gasteiger partial charge in [0.1, 0.15) is 35.7 Å². The highest BCUT2D eigenvalue weighted by Crippen LogP contribution is 2.41. The summed E-state index contributed by atoms with van der Waals surface area (Å²) in [5, 5.41) is 0. The highest BCUT2D eigenvalue weighted by molar-refractivity contribution is 5.72. The number of ether oxygens (including phenoxy) is 4. The maximum absolute atomic E-state index is 12.6. The summed E-state index contributed by atoms with van der Waals surface area (Å²) in [6.07, 6.45) is 12.9. The van der Waals surface area contributed by atoms with Crippen LogP contribution in [0.4, 0.5) is 0 Å². The maximum atomic E-state index is 12.6. The van der Waals surface area contributed by atoms with E-state index in [0.717, 1.165) is 48.3 Å². The van der Waals surface area contributed by atoms with Crippen LogP contribution in [0.25, 0.3) is 0 Å². The predicted molar refractivity (Wildman–Crippen MR) is 159 cm³/mol. The van der Waals surface area contributed by atoms with Crippen molar-refractivity contribution in [3.63, 3.8) is 0 Å². The first kappa shape index (κ1) is 29.5. The minimum atomic E-state index is -0.195. The van der Waals surface area contributed by atoms with Gasteiger partial charge in [0.05, 0.1) is 7.11 Å². The smallest absolute Gasteiger partial charge is 0.311 e. The van der Waals surface area contributed by atoms with Gasteiger partial charge in [0, 0.05) is 24.1 Å². The molecule has 0 N–H and O–H groups in total. The lowest BCUT2D eigenvalue weighted by Crippen LogP contribution is -2.16. The van der Waals surface area contributed by atoms with Gasteiger partial charge in [-0.05, 0) is 48.6 Å². The van der Waals surface area contributed by atoms with Crippen molar-refractivity contribution < 1.29 is 23.7 Å². The Bertz CT molecular complexity index is 1190. The van der Waals surface area contributed by atoms with Crippen LogP contribution in [0.15, 0.2) is 66.7 Å². The molecule has 3 aromatic rings. The number of aryl methyl sites for hydroxylation is 1. The second-order valence-electron chi connectivity index (χ2n) is 10.6. The van der Waals surface area contributed by atoms with E-state index in [4.69, 9.17) is 18.9 Å². The molecule has 0 aromatic heterocycles. The van der Waals surface area contributed by atoms with E-state index < -0.39 is 0 Å². The average Bonchev–Trinajstić information content (AvgIpc) is 2.99. The maximum Gasteiger partial charge on any atom is 0.311 e. The lowest BCUT2D eigenvalue weighted by atomic mass is 9.96. The summed E-state index contributed by atoms with van der Waals surface area (Å²) in [6, 6.07) is 21.7. The number of benzene rings is 3. The van der Waals surface area contributed by atoms with Crippen molar-refractivity contribution >= 4 is 5.97 Å². The van der Waals surface area contributed by atoms with Gasteiger partial charge in [0.25, 0.3) is 0 Å². The minimum Gasteiger partial charge on any atom is -0.497 e. The third-order valence-corrected chi connectivity index (χ3v) is 7.50. The van der Waals surface area contributed by atoms with Crippen LogP contribution in [-0.2, 0) is 17.8 Å². The van der Waals surface area contributed by atoms with Gasteiger partial charge in [0.2, 0.25) is 0 Å². The molecule has 0 amide bonds. The standard InChI is InChI=1S/C35H44O5/c1-3-4-5-6-7-8-9-10-14-17-35(36)39-30-21-22-31(34(25-30)38-26-27-15-12-11-13-16-27)32-23-19-28-18-20-29(37-2)24-33(28)40-32/h11-13,15-16,18,20-22,24-25,32H,3-10,14,17,19,23,26H2,1-2H3. The second kappa shape index (κ2) is 16.0. The van der Waals surface area contributed by atoms with Crippen LogP contribution >= 0.6 is 0 Å². The first-order valence-electron chi connectivity index (χ1n) is 15.0. The number of rotatable bonds is 16. The highest BCUT2D eigenvalue weighted by Gasteiger charge is 2.25. The third-order valence-electron chi connectivity index (χ3n) is 7.50. The summed E-state index contributed by atoms with van der Waals surface area (Å²) < 4.78 is 23.8. The molecule has 1 aliphatic heterocycles. The molecule has 0 saturated carbocycles. The molecule has 0 fully saturated rings. The number of fused-ring (bicyclic) bond motifs is 1. The zero-order chi connectivity index (χ0) is 28.0. The van der Waals surface area contributed by atoms with Crippen molar-refractivity contribution in [1.82, 2.24) is 0 Å². The molecule has 1 heterocycles. The SMILES string of the molecule is CCCCCCCCCCCC(=O)Oc1ccc(C2CCc3ccc(OC)cc3O2)c(OCc2ccccc2)c1. The molecule has 5 nitrogen and oxygen atoms in total. The Balaban J connectivity index is 1.36. The van der Waals surface area contributed by atoms with E-state index >= 15 is 0 Å².